The van der Waals surface area contributed by atoms with Gasteiger partial charge in [-0.15, -0.1) is 0 Å². The molecule has 2 rings (SSSR count). The van der Waals surface area contributed by atoms with Crippen molar-refractivity contribution in [2.24, 2.45) is 0 Å². The molecule has 0 spiro atoms. The van der Waals surface area contributed by atoms with Gasteiger partial charge in [-0.25, -0.2) is 0 Å². The molecule has 1 heterocycles. The molecule has 110 valence electrons. The molecule has 2 aromatic rings. The quantitative estimate of drug-likeness (QED) is 0.884. The fraction of sp³-hybridized carbons (Fsp3) is 0.412. The van der Waals surface area contributed by atoms with Gasteiger partial charge in [0.1, 0.15) is 11.3 Å². The van der Waals surface area contributed by atoms with Crippen LogP contribution in [0.15, 0.2) is 36.5 Å². The first-order valence-corrected chi connectivity index (χ1v) is 7.24. The Bertz CT molecular complexity index is 645. The lowest BCUT2D eigenvalue weighted by Gasteiger charge is -2.26. The maximum atomic E-state index is 9.33. The van der Waals surface area contributed by atoms with Crippen LogP contribution in [0.4, 0.5) is 0 Å². The van der Waals surface area contributed by atoms with Crippen LogP contribution >= 0.6 is 0 Å². The Morgan fingerprint density at radius 3 is 2.90 bits per heavy atom. The molecule has 4 nitrogen and oxygen atoms in total. The third kappa shape index (κ3) is 3.71. The maximum absolute atomic E-state index is 9.33. The summed E-state index contributed by atoms with van der Waals surface area (Å²) >= 11 is 0. The summed E-state index contributed by atoms with van der Waals surface area (Å²) in [6.45, 7) is 6.65. The van der Waals surface area contributed by atoms with E-state index in [-0.39, 0.29) is 6.10 Å². The molecule has 1 N–H and O–H groups in total. The van der Waals surface area contributed by atoms with Gasteiger partial charge in [-0.1, -0.05) is 13.0 Å². The van der Waals surface area contributed by atoms with E-state index in [1.54, 1.807) is 6.20 Å². The lowest BCUT2D eigenvalue weighted by molar-refractivity contribution is 0.182. The summed E-state index contributed by atoms with van der Waals surface area (Å²) in [4.78, 5) is 4.32. The highest BCUT2D eigenvalue weighted by Gasteiger charge is 2.26. The van der Waals surface area contributed by atoms with Gasteiger partial charge in [-0.2, -0.15) is 5.26 Å². The maximum Gasteiger partial charge on any atom is 0.129 e. The van der Waals surface area contributed by atoms with Crippen molar-refractivity contribution in [2.75, 3.05) is 6.54 Å². The minimum absolute atomic E-state index is 0.0699. The van der Waals surface area contributed by atoms with Gasteiger partial charge in [-0.3, -0.25) is 10.3 Å². The largest absolute Gasteiger partial charge is 0.490 e. The highest BCUT2D eigenvalue weighted by molar-refractivity contribution is 5.84. The summed E-state index contributed by atoms with van der Waals surface area (Å²) in [6, 6.07) is 12.1. The summed E-state index contributed by atoms with van der Waals surface area (Å²) in [5.74, 6) is 0.810. The molecule has 4 heteroatoms. The van der Waals surface area contributed by atoms with Crippen molar-refractivity contribution in [3.8, 4) is 11.8 Å². The van der Waals surface area contributed by atoms with E-state index in [1.165, 1.54) is 0 Å². The van der Waals surface area contributed by atoms with Crippen molar-refractivity contribution in [3.05, 3.63) is 36.5 Å². The summed E-state index contributed by atoms with van der Waals surface area (Å²) in [6.07, 6.45) is 2.32. The van der Waals surface area contributed by atoms with E-state index in [0.29, 0.717) is 6.42 Å². The van der Waals surface area contributed by atoms with Crippen LogP contribution < -0.4 is 10.1 Å². The van der Waals surface area contributed by atoms with Crippen LogP contribution in [0, 0.1) is 11.3 Å². The van der Waals surface area contributed by atoms with E-state index in [4.69, 9.17) is 4.74 Å². The van der Waals surface area contributed by atoms with Crippen LogP contribution in [0.5, 0.6) is 5.75 Å². The van der Waals surface area contributed by atoms with Crippen molar-refractivity contribution >= 4 is 10.9 Å². The highest BCUT2D eigenvalue weighted by Crippen LogP contribution is 2.26. The minimum Gasteiger partial charge on any atom is -0.490 e. The topological polar surface area (TPSA) is 57.9 Å². The molecular formula is C17H21N3O. The van der Waals surface area contributed by atoms with E-state index < -0.39 is 5.54 Å². The van der Waals surface area contributed by atoms with Crippen molar-refractivity contribution in [3.63, 3.8) is 0 Å². The molecule has 0 amide bonds. The molecule has 2 atom stereocenters. The molecule has 1 aromatic carbocycles. The number of hydrogen-bond acceptors (Lipinski definition) is 4. The Morgan fingerprint density at radius 2 is 2.19 bits per heavy atom. The van der Waals surface area contributed by atoms with Gasteiger partial charge >= 0.3 is 0 Å². The van der Waals surface area contributed by atoms with Crippen molar-refractivity contribution in [1.29, 1.82) is 5.26 Å². The first-order chi connectivity index (χ1) is 10.1. The van der Waals surface area contributed by atoms with Crippen LogP contribution in [0.2, 0.25) is 0 Å². The van der Waals surface area contributed by atoms with Crippen LogP contribution in [-0.2, 0) is 0 Å². The second kappa shape index (κ2) is 6.55. The van der Waals surface area contributed by atoms with Gasteiger partial charge in [0.2, 0.25) is 0 Å². The van der Waals surface area contributed by atoms with Crippen molar-refractivity contribution in [1.82, 2.24) is 10.3 Å². The zero-order valence-electron chi connectivity index (χ0n) is 12.8. The lowest BCUT2D eigenvalue weighted by atomic mass is 9.96. The number of aromatic nitrogens is 1. The predicted octanol–water partition coefficient (Wildman–Crippen LogP) is 3.28. The molecule has 0 aliphatic rings. The second-order valence-corrected chi connectivity index (χ2v) is 5.43. The Kier molecular flexibility index (Phi) is 4.77. The second-order valence-electron chi connectivity index (χ2n) is 5.43. The van der Waals surface area contributed by atoms with E-state index in [1.807, 2.05) is 51.1 Å². The van der Waals surface area contributed by atoms with Crippen LogP contribution in [0.25, 0.3) is 10.9 Å². The number of benzene rings is 1. The molecule has 0 saturated carbocycles. The number of hydrogen-bond donors (Lipinski definition) is 1. The number of rotatable bonds is 6. The third-order valence-electron chi connectivity index (χ3n) is 3.44. The zero-order chi connectivity index (χ0) is 15.3. The predicted molar refractivity (Wildman–Crippen MR) is 84.1 cm³/mol. The van der Waals surface area contributed by atoms with Gasteiger partial charge < -0.3 is 4.74 Å². The molecule has 1 aromatic heterocycles. The first kappa shape index (κ1) is 15.3. The van der Waals surface area contributed by atoms with Gasteiger partial charge in [-0.05, 0) is 44.7 Å². The number of nitrogens with one attached hydrogen (secondary N) is 1. The normalized spacial score (nSPS) is 15.1. The number of pyridine rings is 1. The van der Waals surface area contributed by atoms with Crippen LogP contribution in [-0.4, -0.2) is 23.2 Å². The zero-order valence-corrected chi connectivity index (χ0v) is 12.8. The third-order valence-corrected chi connectivity index (χ3v) is 3.44. The highest BCUT2D eigenvalue weighted by atomic mass is 16.5. The minimum atomic E-state index is -0.572. The summed E-state index contributed by atoms with van der Waals surface area (Å²) in [5.41, 5.74) is 0.341. The van der Waals surface area contributed by atoms with E-state index >= 15 is 0 Å². The molecule has 0 fully saturated rings. The van der Waals surface area contributed by atoms with Crippen molar-refractivity contribution in [2.45, 2.75) is 38.8 Å². The SMILES string of the molecule is CCNC(C)(C#N)CC(C)Oc1cccc2ncccc12. The molecular weight excluding hydrogens is 262 g/mol. The van der Waals surface area contributed by atoms with Gasteiger partial charge in [0.25, 0.3) is 0 Å². The fourth-order valence-electron chi connectivity index (χ4n) is 2.56. The lowest BCUT2D eigenvalue weighted by Crippen LogP contribution is -2.44. The van der Waals surface area contributed by atoms with E-state index in [9.17, 15) is 5.26 Å². The summed E-state index contributed by atoms with van der Waals surface area (Å²) in [5, 5.41) is 13.5. The number of nitriles is 1. The number of ether oxygens (including phenoxy) is 1. The molecule has 0 aliphatic carbocycles. The van der Waals surface area contributed by atoms with Gasteiger partial charge in [0.15, 0.2) is 0 Å². The Morgan fingerprint density at radius 1 is 1.38 bits per heavy atom. The molecule has 0 aliphatic heterocycles. The van der Waals surface area contributed by atoms with E-state index in [2.05, 4.69) is 16.4 Å². The Balaban J connectivity index is 2.15. The average Bonchev–Trinajstić information content (AvgIpc) is 2.48. The van der Waals surface area contributed by atoms with Crippen LogP contribution in [0.1, 0.15) is 27.2 Å². The van der Waals surface area contributed by atoms with E-state index in [0.717, 1.165) is 23.2 Å². The molecule has 0 radical (unpaired) electrons. The average molecular weight is 283 g/mol. The van der Waals surface area contributed by atoms with Crippen LogP contribution in [0.3, 0.4) is 0 Å². The molecule has 0 bridgehead atoms. The number of nitrogens with zero attached hydrogens (tertiary/aromatic N) is 2. The molecule has 2 unspecified atom stereocenters. The summed E-state index contributed by atoms with van der Waals surface area (Å²) in [7, 11) is 0. The Hall–Kier alpha value is -2.12. The first-order valence-electron chi connectivity index (χ1n) is 7.24. The van der Waals surface area contributed by atoms with Gasteiger partial charge in [0, 0.05) is 18.0 Å². The van der Waals surface area contributed by atoms with Crippen molar-refractivity contribution < 1.29 is 4.74 Å². The number of fused-ring (bicyclic) bond motifs is 1. The monoisotopic (exact) mass is 283 g/mol. The smallest absolute Gasteiger partial charge is 0.129 e. The molecule has 0 saturated heterocycles. The van der Waals surface area contributed by atoms with Gasteiger partial charge in [0.05, 0.1) is 17.7 Å². The molecule has 21 heavy (non-hydrogen) atoms. The Labute approximate surface area is 125 Å². The standard InChI is InChI=1S/C17H21N3O/c1-4-20-17(3,12-18)11-13(2)21-16-9-5-8-15-14(16)7-6-10-19-15/h5-10,13,20H,4,11H2,1-3H3. The fourth-order valence-corrected chi connectivity index (χ4v) is 2.56. The summed E-state index contributed by atoms with van der Waals surface area (Å²) < 4.78 is 6.04.